The summed E-state index contributed by atoms with van der Waals surface area (Å²) in [6.45, 7) is 0. The molecule has 4 heteroatoms. The Morgan fingerprint density at radius 2 is 1.76 bits per heavy atom. The lowest BCUT2D eigenvalue weighted by atomic mass is 10.2. The molecule has 0 spiro atoms. The maximum Gasteiger partial charge on any atom is 0.269 e. The van der Waals surface area contributed by atoms with Crippen molar-refractivity contribution < 1.29 is 4.79 Å². The van der Waals surface area contributed by atoms with Crippen molar-refractivity contribution in [3.8, 4) is 11.3 Å². The van der Waals surface area contributed by atoms with E-state index < -0.39 is 0 Å². The highest BCUT2D eigenvalue weighted by atomic mass is 35.5. The average Bonchev–Trinajstić information content (AvgIpc) is 2.78. The third-order valence-electron chi connectivity index (χ3n) is 2.48. The standard InChI is InChI=1S/C13H13ClN2O/c1-16(2)13(17)12-8-7-11(15-12)9-3-5-10(14)6-4-9/h3-8,15H,1-2H3. The number of carbonyl (C=O) groups excluding carboxylic acids is 1. The highest BCUT2D eigenvalue weighted by Gasteiger charge is 2.10. The van der Waals surface area contributed by atoms with E-state index in [4.69, 9.17) is 11.6 Å². The molecule has 2 rings (SSSR count). The van der Waals surface area contributed by atoms with Crippen LogP contribution in [0.4, 0.5) is 0 Å². The van der Waals surface area contributed by atoms with E-state index in [2.05, 4.69) is 4.98 Å². The lowest BCUT2D eigenvalue weighted by Crippen LogP contribution is -2.21. The summed E-state index contributed by atoms with van der Waals surface area (Å²) >= 11 is 5.83. The summed E-state index contributed by atoms with van der Waals surface area (Å²) < 4.78 is 0. The van der Waals surface area contributed by atoms with Gasteiger partial charge >= 0.3 is 0 Å². The molecule has 0 unspecified atom stereocenters. The van der Waals surface area contributed by atoms with E-state index in [0.717, 1.165) is 11.3 Å². The molecule has 0 bridgehead atoms. The number of carbonyl (C=O) groups is 1. The molecule has 3 nitrogen and oxygen atoms in total. The predicted molar refractivity (Wildman–Crippen MR) is 69.3 cm³/mol. The number of aromatic nitrogens is 1. The Labute approximate surface area is 105 Å². The normalized spacial score (nSPS) is 10.3. The van der Waals surface area contributed by atoms with Crippen molar-refractivity contribution in [3.63, 3.8) is 0 Å². The van der Waals surface area contributed by atoms with E-state index in [-0.39, 0.29) is 5.91 Å². The second-order valence-electron chi connectivity index (χ2n) is 3.99. The maximum absolute atomic E-state index is 11.7. The first kappa shape index (κ1) is 11.7. The van der Waals surface area contributed by atoms with Crippen LogP contribution in [0, 0.1) is 0 Å². The Morgan fingerprint density at radius 3 is 2.35 bits per heavy atom. The molecule has 0 saturated heterocycles. The van der Waals surface area contributed by atoms with Gasteiger partial charge < -0.3 is 9.88 Å². The first-order valence-electron chi connectivity index (χ1n) is 5.24. The highest BCUT2D eigenvalue weighted by Crippen LogP contribution is 2.21. The minimum Gasteiger partial charge on any atom is -0.351 e. The van der Waals surface area contributed by atoms with Crippen molar-refractivity contribution in [2.45, 2.75) is 0 Å². The molecule has 1 N–H and O–H groups in total. The zero-order valence-electron chi connectivity index (χ0n) is 9.70. The number of rotatable bonds is 2. The Hall–Kier alpha value is -1.74. The molecule has 0 saturated carbocycles. The number of nitrogens with zero attached hydrogens (tertiary/aromatic N) is 1. The van der Waals surface area contributed by atoms with Crippen LogP contribution in [0.3, 0.4) is 0 Å². The summed E-state index contributed by atoms with van der Waals surface area (Å²) in [4.78, 5) is 16.4. The van der Waals surface area contributed by atoms with Crippen LogP contribution in [-0.2, 0) is 0 Å². The molecule has 0 radical (unpaired) electrons. The van der Waals surface area contributed by atoms with Crippen LogP contribution >= 0.6 is 11.6 Å². The Kier molecular flexibility index (Phi) is 3.20. The van der Waals surface area contributed by atoms with E-state index in [1.165, 1.54) is 4.90 Å². The van der Waals surface area contributed by atoms with Gasteiger partial charge in [0.15, 0.2) is 0 Å². The average molecular weight is 249 g/mol. The fraction of sp³-hybridized carbons (Fsp3) is 0.154. The van der Waals surface area contributed by atoms with Crippen LogP contribution in [0.25, 0.3) is 11.3 Å². The number of hydrogen-bond donors (Lipinski definition) is 1. The van der Waals surface area contributed by atoms with E-state index in [1.54, 1.807) is 20.2 Å². The summed E-state index contributed by atoms with van der Waals surface area (Å²) in [5.41, 5.74) is 2.50. The third-order valence-corrected chi connectivity index (χ3v) is 2.73. The van der Waals surface area contributed by atoms with Gasteiger partial charge in [0.1, 0.15) is 5.69 Å². The van der Waals surface area contributed by atoms with Gasteiger partial charge in [0.25, 0.3) is 5.91 Å². The van der Waals surface area contributed by atoms with Gasteiger partial charge in [-0.2, -0.15) is 0 Å². The van der Waals surface area contributed by atoms with Crippen LogP contribution in [0.5, 0.6) is 0 Å². The second kappa shape index (κ2) is 4.63. The van der Waals surface area contributed by atoms with Crippen LogP contribution in [-0.4, -0.2) is 29.9 Å². The number of amides is 1. The topological polar surface area (TPSA) is 36.1 Å². The van der Waals surface area contributed by atoms with Gasteiger partial charge in [-0.05, 0) is 29.8 Å². The van der Waals surface area contributed by atoms with Gasteiger partial charge in [-0.3, -0.25) is 4.79 Å². The Balaban J connectivity index is 2.30. The molecule has 1 aromatic carbocycles. The zero-order valence-corrected chi connectivity index (χ0v) is 10.5. The lowest BCUT2D eigenvalue weighted by molar-refractivity contribution is 0.0823. The van der Waals surface area contributed by atoms with Gasteiger partial charge in [0, 0.05) is 24.8 Å². The van der Waals surface area contributed by atoms with Crippen molar-refractivity contribution in [3.05, 3.63) is 47.1 Å². The van der Waals surface area contributed by atoms with Crippen LogP contribution in [0.1, 0.15) is 10.5 Å². The smallest absolute Gasteiger partial charge is 0.269 e. The fourth-order valence-corrected chi connectivity index (χ4v) is 1.68. The number of benzene rings is 1. The SMILES string of the molecule is CN(C)C(=O)c1ccc(-c2ccc(Cl)cc2)[nH]1. The number of nitrogens with one attached hydrogen (secondary N) is 1. The van der Waals surface area contributed by atoms with E-state index in [0.29, 0.717) is 10.7 Å². The molecule has 88 valence electrons. The minimum absolute atomic E-state index is 0.0368. The van der Waals surface area contributed by atoms with Crippen LogP contribution in [0.2, 0.25) is 5.02 Å². The van der Waals surface area contributed by atoms with Gasteiger partial charge in [-0.15, -0.1) is 0 Å². The van der Waals surface area contributed by atoms with Gasteiger partial charge in [0.2, 0.25) is 0 Å². The largest absolute Gasteiger partial charge is 0.351 e. The quantitative estimate of drug-likeness (QED) is 0.871. The summed E-state index contributed by atoms with van der Waals surface area (Å²) in [7, 11) is 3.45. The summed E-state index contributed by atoms with van der Waals surface area (Å²) in [5, 5.41) is 0.699. The van der Waals surface area contributed by atoms with Gasteiger partial charge in [0.05, 0.1) is 0 Å². The number of H-pyrrole nitrogens is 1. The lowest BCUT2D eigenvalue weighted by Gasteiger charge is -2.07. The summed E-state index contributed by atoms with van der Waals surface area (Å²) in [6.07, 6.45) is 0. The van der Waals surface area contributed by atoms with Gasteiger partial charge in [-0.25, -0.2) is 0 Å². The molecule has 2 aromatic rings. The van der Waals surface area contributed by atoms with E-state index in [9.17, 15) is 4.79 Å². The molecule has 0 aliphatic carbocycles. The predicted octanol–water partition coefficient (Wildman–Crippen LogP) is 3.04. The van der Waals surface area contributed by atoms with Crippen LogP contribution in [0.15, 0.2) is 36.4 Å². The molecular formula is C13H13ClN2O. The van der Waals surface area contributed by atoms with Crippen molar-refractivity contribution in [2.24, 2.45) is 0 Å². The molecule has 0 aliphatic rings. The molecule has 1 aromatic heterocycles. The molecule has 17 heavy (non-hydrogen) atoms. The minimum atomic E-state index is -0.0368. The maximum atomic E-state index is 11.7. The van der Waals surface area contributed by atoms with Gasteiger partial charge in [-0.1, -0.05) is 23.7 Å². The van der Waals surface area contributed by atoms with Crippen LogP contribution < -0.4 is 0 Å². The summed E-state index contributed by atoms with van der Waals surface area (Å²) in [6, 6.07) is 11.2. The van der Waals surface area contributed by atoms with Crippen molar-refractivity contribution >= 4 is 17.5 Å². The van der Waals surface area contributed by atoms with E-state index in [1.807, 2.05) is 30.3 Å². The Bertz CT molecular complexity index is 529. The number of halogens is 1. The second-order valence-corrected chi connectivity index (χ2v) is 4.43. The molecule has 0 atom stereocenters. The number of aromatic amines is 1. The zero-order chi connectivity index (χ0) is 12.4. The monoisotopic (exact) mass is 248 g/mol. The molecule has 1 heterocycles. The highest BCUT2D eigenvalue weighted by molar-refractivity contribution is 6.30. The third kappa shape index (κ3) is 2.50. The van der Waals surface area contributed by atoms with Crippen molar-refractivity contribution in [1.29, 1.82) is 0 Å². The number of hydrogen-bond acceptors (Lipinski definition) is 1. The molecule has 0 fully saturated rings. The Morgan fingerprint density at radius 1 is 1.12 bits per heavy atom. The molecule has 1 amide bonds. The molecular weight excluding hydrogens is 236 g/mol. The summed E-state index contributed by atoms with van der Waals surface area (Å²) in [5.74, 6) is -0.0368. The van der Waals surface area contributed by atoms with Crippen molar-refractivity contribution in [2.75, 3.05) is 14.1 Å². The van der Waals surface area contributed by atoms with E-state index >= 15 is 0 Å². The first-order valence-corrected chi connectivity index (χ1v) is 5.62. The van der Waals surface area contributed by atoms with Crippen molar-refractivity contribution in [1.82, 2.24) is 9.88 Å². The fourth-order valence-electron chi connectivity index (χ4n) is 1.56. The molecule has 0 aliphatic heterocycles. The first-order chi connectivity index (χ1) is 8.08.